The molecule has 3 nitrogen and oxygen atoms in total. The molecule has 0 aliphatic heterocycles. The summed E-state index contributed by atoms with van der Waals surface area (Å²) in [5, 5.41) is 0.442. The third-order valence-corrected chi connectivity index (χ3v) is 1.16. The molecule has 0 aromatic carbocycles. The van der Waals surface area contributed by atoms with E-state index >= 15 is 0 Å². The first-order valence-corrected chi connectivity index (χ1v) is 2.99. The summed E-state index contributed by atoms with van der Waals surface area (Å²) in [5.74, 6) is 0.454. The molecule has 0 saturated carbocycles. The molecule has 9 heavy (non-hydrogen) atoms. The predicted octanol–water partition coefficient (Wildman–Crippen LogP) is 0.697. The summed E-state index contributed by atoms with van der Waals surface area (Å²) in [6, 6.07) is 0. The van der Waals surface area contributed by atoms with E-state index in [1.807, 2.05) is 0 Å². The Morgan fingerprint density at radius 3 is 2.78 bits per heavy atom. The Balaban J connectivity index is 2.98. The average Bonchev–Trinajstić information content (AvgIpc) is 2.14. The van der Waals surface area contributed by atoms with Crippen molar-refractivity contribution in [3.05, 3.63) is 17.2 Å². The Hall–Kier alpha value is -0.610. The highest BCUT2D eigenvalue weighted by atomic mass is 35.5. The second-order valence-corrected chi connectivity index (χ2v) is 2.29. The van der Waals surface area contributed by atoms with Crippen LogP contribution in [0.15, 0.2) is 6.20 Å². The minimum Gasteiger partial charge on any atom is -0.387 e. The van der Waals surface area contributed by atoms with Crippen molar-refractivity contribution in [3.8, 4) is 0 Å². The van der Waals surface area contributed by atoms with Crippen LogP contribution in [-0.4, -0.2) is 15.0 Å². The molecule has 0 aliphatic rings. The van der Waals surface area contributed by atoms with Gasteiger partial charge in [-0.1, -0.05) is 23.8 Å². The SMILES string of the molecule is NC(=S)c1ncc(Cl)[nH]1. The summed E-state index contributed by atoms with van der Waals surface area (Å²) < 4.78 is 0. The number of thiocarbonyl (C=S) groups is 1. The van der Waals surface area contributed by atoms with Crippen LogP contribution in [0, 0.1) is 0 Å². The molecule has 5 heteroatoms. The Kier molecular flexibility index (Phi) is 1.68. The van der Waals surface area contributed by atoms with E-state index in [9.17, 15) is 0 Å². The summed E-state index contributed by atoms with van der Waals surface area (Å²) in [4.78, 5) is 6.65. The number of imidazole rings is 1. The molecule has 1 rings (SSSR count). The molecule has 0 spiro atoms. The van der Waals surface area contributed by atoms with E-state index in [1.165, 1.54) is 6.20 Å². The number of halogens is 1. The van der Waals surface area contributed by atoms with E-state index < -0.39 is 0 Å². The second kappa shape index (κ2) is 2.33. The minimum atomic E-state index is 0.224. The quantitative estimate of drug-likeness (QED) is 0.597. The van der Waals surface area contributed by atoms with Gasteiger partial charge in [0.2, 0.25) is 0 Å². The fraction of sp³-hybridized carbons (Fsp3) is 0. The van der Waals surface area contributed by atoms with Crippen LogP contribution in [0.2, 0.25) is 5.15 Å². The molecule has 0 unspecified atom stereocenters. The lowest BCUT2D eigenvalue weighted by Crippen LogP contribution is -2.10. The molecule has 1 aromatic rings. The molecule has 0 atom stereocenters. The standard InChI is InChI=1S/C4H4ClN3S/c5-2-1-7-4(8-2)3(6)9/h1H,(H2,6,9)(H,7,8). The van der Waals surface area contributed by atoms with Crippen LogP contribution in [0.1, 0.15) is 5.82 Å². The van der Waals surface area contributed by atoms with Crippen LogP contribution < -0.4 is 5.73 Å². The van der Waals surface area contributed by atoms with E-state index in [0.29, 0.717) is 11.0 Å². The Morgan fingerprint density at radius 1 is 1.89 bits per heavy atom. The van der Waals surface area contributed by atoms with E-state index in [4.69, 9.17) is 17.3 Å². The first kappa shape index (κ1) is 6.51. The maximum atomic E-state index is 5.47. The molecule has 1 aromatic heterocycles. The first-order valence-electron chi connectivity index (χ1n) is 2.20. The predicted molar refractivity (Wildman–Crippen MR) is 39.5 cm³/mol. The van der Waals surface area contributed by atoms with Gasteiger partial charge in [0.05, 0.1) is 6.20 Å². The second-order valence-electron chi connectivity index (χ2n) is 1.44. The number of nitrogens with one attached hydrogen (secondary N) is 1. The molecule has 1 heterocycles. The van der Waals surface area contributed by atoms with Crippen molar-refractivity contribution in [2.24, 2.45) is 5.73 Å². The van der Waals surface area contributed by atoms with Gasteiger partial charge >= 0.3 is 0 Å². The van der Waals surface area contributed by atoms with E-state index in [0.717, 1.165) is 0 Å². The van der Waals surface area contributed by atoms with Crippen molar-refractivity contribution in [2.45, 2.75) is 0 Å². The monoisotopic (exact) mass is 161 g/mol. The third kappa shape index (κ3) is 1.40. The number of rotatable bonds is 1. The summed E-state index contributed by atoms with van der Waals surface area (Å²) in [6.45, 7) is 0. The van der Waals surface area contributed by atoms with Crippen LogP contribution in [0.3, 0.4) is 0 Å². The summed E-state index contributed by atoms with van der Waals surface area (Å²) in [7, 11) is 0. The zero-order chi connectivity index (χ0) is 6.85. The lowest BCUT2D eigenvalue weighted by molar-refractivity contribution is 1.26. The van der Waals surface area contributed by atoms with Crippen molar-refractivity contribution >= 4 is 28.8 Å². The molecular weight excluding hydrogens is 158 g/mol. The number of H-pyrrole nitrogens is 1. The summed E-state index contributed by atoms with van der Waals surface area (Å²) in [6.07, 6.45) is 1.45. The normalized spacial score (nSPS) is 9.44. The number of aromatic amines is 1. The van der Waals surface area contributed by atoms with Crippen molar-refractivity contribution < 1.29 is 0 Å². The fourth-order valence-electron chi connectivity index (χ4n) is 0.424. The molecule has 0 aliphatic carbocycles. The minimum absolute atomic E-state index is 0.224. The lowest BCUT2D eigenvalue weighted by Gasteiger charge is -1.85. The van der Waals surface area contributed by atoms with Gasteiger partial charge in [-0.15, -0.1) is 0 Å². The Bertz CT molecular complexity index is 231. The highest BCUT2D eigenvalue weighted by Crippen LogP contribution is 2.02. The van der Waals surface area contributed by atoms with E-state index in [1.54, 1.807) is 0 Å². The molecular formula is C4H4ClN3S. The number of aromatic nitrogens is 2. The number of hydrogen-bond donors (Lipinski definition) is 2. The highest BCUT2D eigenvalue weighted by Gasteiger charge is 1.98. The highest BCUT2D eigenvalue weighted by molar-refractivity contribution is 7.80. The van der Waals surface area contributed by atoms with Crippen LogP contribution >= 0.6 is 23.8 Å². The third-order valence-electron chi connectivity index (χ3n) is 0.778. The van der Waals surface area contributed by atoms with E-state index in [-0.39, 0.29) is 4.99 Å². The molecule has 0 bridgehead atoms. The van der Waals surface area contributed by atoms with Gasteiger partial charge in [-0.25, -0.2) is 4.98 Å². The molecule has 48 valence electrons. The number of nitrogens with zero attached hydrogens (tertiary/aromatic N) is 1. The molecule has 3 N–H and O–H groups in total. The zero-order valence-electron chi connectivity index (χ0n) is 4.39. The average molecular weight is 162 g/mol. The first-order chi connectivity index (χ1) is 4.20. The van der Waals surface area contributed by atoms with Crippen LogP contribution in [-0.2, 0) is 0 Å². The van der Waals surface area contributed by atoms with Gasteiger partial charge < -0.3 is 10.7 Å². The molecule has 0 fully saturated rings. The summed E-state index contributed by atoms with van der Waals surface area (Å²) in [5.41, 5.74) is 5.21. The smallest absolute Gasteiger partial charge is 0.165 e. The van der Waals surface area contributed by atoms with Crippen molar-refractivity contribution in [3.63, 3.8) is 0 Å². The lowest BCUT2D eigenvalue weighted by atomic mass is 10.6. The van der Waals surface area contributed by atoms with Crippen LogP contribution in [0.5, 0.6) is 0 Å². The maximum Gasteiger partial charge on any atom is 0.165 e. The van der Waals surface area contributed by atoms with Crippen LogP contribution in [0.25, 0.3) is 0 Å². The molecule has 0 amide bonds. The Morgan fingerprint density at radius 2 is 2.56 bits per heavy atom. The molecule has 0 saturated heterocycles. The van der Waals surface area contributed by atoms with Crippen LogP contribution in [0.4, 0.5) is 0 Å². The number of hydrogen-bond acceptors (Lipinski definition) is 2. The van der Waals surface area contributed by atoms with Gasteiger partial charge in [-0.2, -0.15) is 0 Å². The van der Waals surface area contributed by atoms with Gasteiger partial charge in [0.1, 0.15) is 10.1 Å². The largest absolute Gasteiger partial charge is 0.387 e. The van der Waals surface area contributed by atoms with Gasteiger partial charge in [-0.3, -0.25) is 0 Å². The van der Waals surface area contributed by atoms with Gasteiger partial charge in [0.15, 0.2) is 5.82 Å². The summed E-state index contributed by atoms with van der Waals surface area (Å²) >= 11 is 10.1. The van der Waals surface area contributed by atoms with Crippen molar-refractivity contribution in [2.75, 3.05) is 0 Å². The van der Waals surface area contributed by atoms with Gasteiger partial charge in [0.25, 0.3) is 0 Å². The molecule has 0 radical (unpaired) electrons. The fourth-order valence-corrected chi connectivity index (χ4v) is 0.666. The van der Waals surface area contributed by atoms with E-state index in [2.05, 4.69) is 22.2 Å². The number of nitrogens with two attached hydrogens (primary N) is 1. The van der Waals surface area contributed by atoms with Gasteiger partial charge in [-0.05, 0) is 0 Å². The maximum absolute atomic E-state index is 5.47. The Labute approximate surface area is 62.2 Å². The van der Waals surface area contributed by atoms with Crippen molar-refractivity contribution in [1.82, 2.24) is 9.97 Å². The zero-order valence-corrected chi connectivity index (χ0v) is 5.96. The van der Waals surface area contributed by atoms with Crippen molar-refractivity contribution in [1.29, 1.82) is 0 Å². The topological polar surface area (TPSA) is 54.7 Å². The van der Waals surface area contributed by atoms with Gasteiger partial charge in [0, 0.05) is 0 Å².